The van der Waals surface area contributed by atoms with E-state index in [0.29, 0.717) is 12.1 Å². The van der Waals surface area contributed by atoms with E-state index in [1.807, 2.05) is 7.05 Å². The lowest BCUT2D eigenvalue weighted by Crippen LogP contribution is -2.26. The van der Waals surface area contributed by atoms with Crippen LogP contribution in [0.3, 0.4) is 0 Å². The molecule has 0 aromatic heterocycles. The molecule has 1 fully saturated rings. The van der Waals surface area contributed by atoms with Gasteiger partial charge in [-0.15, -0.1) is 0 Å². The Morgan fingerprint density at radius 3 is 2.50 bits per heavy atom. The molecule has 1 aromatic rings. The van der Waals surface area contributed by atoms with Gasteiger partial charge in [-0.05, 0) is 51.4 Å². The van der Waals surface area contributed by atoms with Crippen molar-refractivity contribution >= 4 is 5.69 Å². The molecule has 88 valence electrons. The highest BCUT2D eigenvalue weighted by Gasteiger charge is 2.20. The van der Waals surface area contributed by atoms with Gasteiger partial charge in [0.05, 0.1) is 0 Å². The van der Waals surface area contributed by atoms with Crippen LogP contribution < -0.4 is 10.2 Å². The van der Waals surface area contributed by atoms with Crippen LogP contribution in [-0.4, -0.2) is 19.6 Å². The Kier molecular flexibility index (Phi) is 3.49. The maximum absolute atomic E-state index is 3.27. The Balaban J connectivity index is 2.12. The van der Waals surface area contributed by atoms with Crippen molar-refractivity contribution in [1.82, 2.24) is 5.32 Å². The van der Waals surface area contributed by atoms with Crippen molar-refractivity contribution in [3.63, 3.8) is 0 Å². The van der Waals surface area contributed by atoms with Crippen LogP contribution in [0.25, 0.3) is 0 Å². The highest BCUT2D eigenvalue weighted by Crippen LogP contribution is 2.26. The SMILES string of the molecule is CNC(C)c1ccc(N2CCCC2C)cc1. The molecule has 2 atom stereocenters. The lowest BCUT2D eigenvalue weighted by Gasteiger charge is -2.24. The number of nitrogens with one attached hydrogen (secondary N) is 1. The third kappa shape index (κ3) is 2.22. The number of nitrogens with zero attached hydrogens (tertiary/aromatic N) is 1. The minimum Gasteiger partial charge on any atom is -0.369 e. The van der Waals surface area contributed by atoms with Gasteiger partial charge in [-0.2, -0.15) is 0 Å². The average molecular weight is 218 g/mol. The first-order chi connectivity index (χ1) is 7.72. The number of hydrogen-bond donors (Lipinski definition) is 1. The van der Waals surface area contributed by atoms with Crippen LogP contribution in [0.15, 0.2) is 24.3 Å². The molecular weight excluding hydrogens is 196 g/mol. The summed E-state index contributed by atoms with van der Waals surface area (Å²) in [6.07, 6.45) is 2.66. The molecule has 2 nitrogen and oxygen atoms in total. The molecule has 0 spiro atoms. The summed E-state index contributed by atoms with van der Waals surface area (Å²) in [6.45, 7) is 5.71. The molecule has 1 N–H and O–H groups in total. The molecule has 2 unspecified atom stereocenters. The third-order valence-electron chi connectivity index (χ3n) is 3.71. The molecule has 0 amide bonds. The molecule has 1 aliphatic rings. The quantitative estimate of drug-likeness (QED) is 0.839. The minimum atomic E-state index is 0.435. The molecule has 0 radical (unpaired) electrons. The Labute approximate surface area is 98.7 Å². The smallest absolute Gasteiger partial charge is 0.0368 e. The molecule has 0 bridgehead atoms. The minimum absolute atomic E-state index is 0.435. The van der Waals surface area contributed by atoms with E-state index < -0.39 is 0 Å². The van der Waals surface area contributed by atoms with Gasteiger partial charge in [0.1, 0.15) is 0 Å². The van der Waals surface area contributed by atoms with Crippen LogP contribution in [0.4, 0.5) is 5.69 Å². The molecule has 16 heavy (non-hydrogen) atoms. The largest absolute Gasteiger partial charge is 0.369 e. The van der Waals surface area contributed by atoms with E-state index in [1.54, 1.807) is 0 Å². The first-order valence-electron chi connectivity index (χ1n) is 6.26. The van der Waals surface area contributed by atoms with Crippen LogP contribution in [0.1, 0.15) is 38.3 Å². The maximum Gasteiger partial charge on any atom is 0.0368 e. The second kappa shape index (κ2) is 4.88. The van der Waals surface area contributed by atoms with Crippen molar-refractivity contribution in [2.24, 2.45) is 0 Å². The van der Waals surface area contributed by atoms with E-state index in [9.17, 15) is 0 Å². The topological polar surface area (TPSA) is 15.3 Å². The summed E-state index contributed by atoms with van der Waals surface area (Å²) in [6, 6.07) is 10.1. The van der Waals surface area contributed by atoms with E-state index >= 15 is 0 Å². The Hall–Kier alpha value is -1.02. The van der Waals surface area contributed by atoms with Crippen molar-refractivity contribution in [1.29, 1.82) is 0 Å². The van der Waals surface area contributed by atoms with Gasteiger partial charge >= 0.3 is 0 Å². The molecule has 2 rings (SSSR count). The highest BCUT2D eigenvalue weighted by atomic mass is 15.2. The molecule has 0 saturated carbocycles. The van der Waals surface area contributed by atoms with Gasteiger partial charge in [-0.3, -0.25) is 0 Å². The standard InChI is InChI=1S/C14H22N2/c1-11-5-4-10-16(11)14-8-6-13(7-9-14)12(2)15-3/h6-9,11-12,15H,4-5,10H2,1-3H3. The van der Waals surface area contributed by atoms with E-state index in [4.69, 9.17) is 0 Å². The number of hydrogen-bond acceptors (Lipinski definition) is 2. The van der Waals surface area contributed by atoms with Crippen LogP contribution in [0.5, 0.6) is 0 Å². The van der Waals surface area contributed by atoms with Crippen molar-refractivity contribution < 1.29 is 0 Å². The summed E-state index contributed by atoms with van der Waals surface area (Å²) < 4.78 is 0. The molecule has 1 aromatic carbocycles. The second-order valence-electron chi connectivity index (χ2n) is 4.79. The van der Waals surface area contributed by atoms with Gasteiger partial charge in [0.25, 0.3) is 0 Å². The predicted molar refractivity (Wildman–Crippen MR) is 70.0 cm³/mol. The molecule has 1 saturated heterocycles. The van der Waals surface area contributed by atoms with Gasteiger partial charge in [0.15, 0.2) is 0 Å². The number of anilines is 1. The highest BCUT2D eigenvalue weighted by molar-refractivity contribution is 5.49. The summed E-state index contributed by atoms with van der Waals surface area (Å²) in [4.78, 5) is 2.51. The molecule has 2 heteroatoms. The average Bonchev–Trinajstić information content (AvgIpc) is 2.75. The van der Waals surface area contributed by atoms with Gasteiger partial charge in [-0.1, -0.05) is 12.1 Å². The maximum atomic E-state index is 3.27. The van der Waals surface area contributed by atoms with E-state index in [-0.39, 0.29) is 0 Å². The Morgan fingerprint density at radius 2 is 2.00 bits per heavy atom. The first-order valence-corrected chi connectivity index (χ1v) is 6.26. The van der Waals surface area contributed by atoms with Gasteiger partial charge in [0, 0.05) is 24.3 Å². The molecule has 1 aliphatic heterocycles. The summed E-state index contributed by atoms with van der Waals surface area (Å²) >= 11 is 0. The van der Waals surface area contributed by atoms with Crippen LogP contribution in [0.2, 0.25) is 0 Å². The lowest BCUT2D eigenvalue weighted by atomic mass is 10.1. The van der Waals surface area contributed by atoms with E-state index in [1.165, 1.54) is 30.6 Å². The third-order valence-corrected chi connectivity index (χ3v) is 3.71. The van der Waals surface area contributed by atoms with Crippen molar-refractivity contribution in [2.45, 2.75) is 38.8 Å². The van der Waals surface area contributed by atoms with E-state index in [2.05, 4.69) is 48.3 Å². The predicted octanol–water partition coefficient (Wildman–Crippen LogP) is 2.96. The summed E-state index contributed by atoms with van der Waals surface area (Å²) in [5.41, 5.74) is 2.73. The van der Waals surface area contributed by atoms with Crippen molar-refractivity contribution in [3.05, 3.63) is 29.8 Å². The zero-order chi connectivity index (χ0) is 11.5. The van der Waals surface area contributed by atoms with E-state index in [0.717, 1.165) is 0 Å². The zero-order valence-corrected chi connectivity index (χ0v) is 10.5. The van der Waals surface area contributed by atoms with Gasteiger partial charge < -0.3 is 10.2 Å². The summed E-state index contributed by atoms with van der Waals surface area (Å²) in [7, 11) is 2.00. The monoisotopic (exact) mass is 218 g/mol. The second-order valence-corrected chi connectivity index (χ2v) is 4.79. The number of rotatable bonds is 3. The van der Waals surface area contributed by atoms with Gasteiger partial charge in [-0.25, -0.2) is 0 Å². The molecule has 0 aliphatic carbocycles. The summed E-state index contributed by atoms with van der Waals surface area (Å²) in [5.74, 6) is 0. The fourth-order valence-electron chi connectivity index (χ4n) is 2.44. The van der Waals surface area contributed by atoms with Crippen LogP contribution >= 0.6 is 0 Å². The summed E-state index contributed by atoms with van der Waals surface area (Å²) in [5, 5.41) is 3.27. The zero-order valence-electron chi connectivity index (χ0n) is 10.5. The molecular formula is C14H22N2. The fourth-order valence-corrected chi connectivity index (χ4v) is 2.44. The van der Waals surface area contributed by atoms with Crippen molar-refractivity contribution in [2.75, 3.05) is 18.5 Å². The lowest BCUT2D eigenvalue weighted by molar-refractivity contribution is 0.652. The van der Waals surface area contributed by atoms with Gasteiger partial charge in [0.2, 0.25) is 0 Å². The molecule has 1 heterocycles. The van der Waals surface area contributed by atoms with Crippen LogP contribution in [-0.2, 0) is 0 Å². The fraction of sp³-hybridized carbons (Fsp3) is 0.571. The first kappa shape index (κ1) is 11.5. The Bertz CT molecular complexity index is 331. The number of benzene rings is 1. The van der Waals surface area contributed by atoms with Crippen LogP contribution in [0, 0.1) is 0 Å². The normalized spacial score (nSPS) is 22.4. The van der Waals surface area contributed by atoms with Crippen molar-refractivity contribution in [3.8, 4) is 0 Å². The Morgan fingerprint density at radius 1 is 1.31 bits per heavy atom.